The molecule has 0 radical (unpaired) electrons. The van der Waals surface area contributed by atoms with E-state index in [2.05, 4.69) is 15.3 Å². The predicted octanol–water partition coefficient (Wildman–Crippen LogP) is 3.48. The van der Waals surface area contributed by atoms with Crippen LogP contribution in [0.5, 0.6) is 11.5 Å². The maximum Gasteiger partial charge on any atom is 0.315 e. The molecule has 0 aliphatic carbocycles. The molecule has 0 aliphatic rings. The molecule has 1 N–H and O–H groups in total. The fourth-order valence-corrected chi connectivity index (χ4v) is 2.52. The molecule has 0 bridgehead atoms. The summed E-state index contributed by atoms with van der Waals surface area (Å²) in [6, 6.07) is 3.04. The van der Waals surface area contributed by atoms with Crippen LogP contribution in [0.1, 0.15) is 38.6 Å². The quantitative estimate of drug-likeness (QED) is 0.309. The second kappa shape index (κ2) is 9.09. The molecule has 0 unspecified atom stereocenters. The highest BCUT2D eigenvalue weighted by Gasteiger charge is 2.22. The van der Waals surface area contributed by atoms with E-state index >= 15 is 0 Å². The van der Waals surface area contributed by atoms with E-state index in [-0.39, 0.29) is 11.4 Å². The first-order valence-corrected chi connectivity index (χ1v) is 8.71. The molecule has 0 amide bonds. The van der Waals surface area contributed by atoms with Gasteiger partial charge in [0, 0.05) is 18.1 Å². The highest BCUT2D eigenvalue weighted by atomic mass is 32.1. The lowest BCUT2D eigenvalue weighted by Gasteiger charge is -2.11. The SMILES string of the molecule is CCCc1n[nH]c(=S)n1/N=C\c1cc(OCC)c(OCC)c([N+](=O)[O-])c1. The van der Waals surface area contributed by atoms with Crippen molar-refractivity contribution in [1.29, 1.82) is 0 Å². The zero-order valence-electron chi connectivity index (χ0n) is 14.9. The number of aromatic amines is 1. The van der Waals surface area contributed by atoms with Crippen molar-refractivity contribution < 1.29 is 14.4 Å². The van der Waals surface area contributed by atoms with Gasteiger partial charge >= 0.3 is 5.69 Å². The van der Waals surface area contributed by atoms with Crippen molar-refractivity contribution in [2.45, 2.75) is 33.6 Å². The highest BCUT2D eigenvalue weighted by molar-refractivity contribution is 7.71. The van der Waals surface area contributed by atoms with Gasteiger partial charge in [0.1, 0.15) is 0 Å². The third-order valence-corrected chi connectivity index (χ3v) is 3.62. The van der Waals surface area contributed by atoms with Gasteiger partial charge in [0.25, 0.3) is 0 Å². The number of hydrogen-bond donors (Lipinski definition) is 1. The van der Waals surface area contributed by atoms with Gasteiger partial charge in [0.2, 0.25) is 10.5 Å². The molecule has 10 heteroatoms. The molecule has 140 valence electrons. The molecule has 0 atom stereocenters. The predicted molar refractivity (Wildman–Crippen MR) is 99.8 cm³/mol. The first-order chi connectivity index (χ1) is 12.5. The Morgan fingerprint density at radius 2 is 2.08 bits per heavy atom. The van der Waals surface area contributed by atoms with Crippen LogP contribution in [-0.4, -0.2) is 39.2 Å². The second-order valence-corrected chi connectivity index (χ2v) is 5.63. The molecule has 1 heterocycles. The van der Waals surface area contributed by atoms with Crippen molar-refractivity contribution in [2.24, 2.45) is 5.10 Å². The smallest absolute Gasteiger partial charge is 0.315 e. The maximum absolute atomic E-state index is 11.4. The van der Waals surface area contributed by atoms with Crippen LogP contribution in [-0.2, 0) is 6.42 Å². The molecule has 9 nitrogen and oxygen atoms in total. The van der Waals surface area contributed by atoms with Gasteiger partial charge in [0.15, 0.2) is 11.6 Å². The zero-order chi connectivity index (χ0) is 19.1. The van der Waals surface area contributed by atoms with Crippen molar-refractivity contribution in [2.75, 3.05) is 13.2 Å². The van der Waals surface area contributed by atoms with Gasteiger partial charge in [-0.15, -0.1) is 0 Å². The van der Waals surface area contributed by atoms with Crippen LogP contribution in [0.15, 0.2) is 17.2 Å². The van der Waals surface area contributed by atoms with Crippen LogP contribution in [0.2, 0.25) is 0 Å². The number of hydrogen-bond acceptors (Lipinski definition) is 7. The number of benzene rings is 1. The summed E-state index contributed by atoms with van der Waals surface area (Å²) in [7, 11) is 0. The average molecular weight is 379 g/mol. The maximum atomic E-state index is 11.4. The number of nitrogens with zero attached hydrogens (tertiary/aromatic N) is 4. The topological polar surface area (TPSA) is 108 Å². The molecule has 0 saturated heterocycles. The van der Waals surface area contributed by atoms with Crippen molar-refractivity contribution >= 4 is 24.1 Å². The Morgan fingerprint density at radius 1 is 1.35 bits per heavy atom. The largest absolute Gasteiger partial charge is 0.490 e. The number of rotatable bonds is 9. The molecular weight excluding hydrogens is 358 g/mol. The van der Waals surface area contributed by atoms with Gasteiger partial charge in [-0.2, -0.15) is 14.9 Å². The lowest BCUT2D eigenvalue weighted by atomic mass is 10.2. The van der Waals surface area contributed by atoms with Crippen LogP contribution in [0.3, 0.4) is 0 Å². The number of H-pyrrole nitrogens is 1. The van der Waals surface area contributed by atoms with E-state index in [4.69, 9.17) is 21.7 Å². The minimum Gasteiger partial charge on any atom is -0.490 e. The molecule has 0 fully saturated rings. The number of nitrogens with one attached hydrogen (secondary N) is 1. The third-order valence-electron chi connectivity index (χ3n) is 3.36. The second-order valence-electron chi connectivity index (χ2n) is 5.24. The van der Waals surface area contributed by atoms with E-state index in [1.165, 1.54) is 17.0 Å². The molecule has 26 heavy (non-hydrogen) atoms. The summed E-state index contributed by atoms with van der Waals surface area (Å²) in [5.74, 6) is 1.11. The van der Waals surface area contributed by atoms with E-state index in [0.29, 0.717) is 41.5 Å². The Balaban J connectivity index is 2.48. The van der Waals surface area contributed by atoms with E-state index in [9.17, 15) is 10.1 Å². The summed E-state index contributed by atoms with van der Waals surface area (Å²) in [6.07, 6.45) is 3.08. The molecule has 2 rings (SSSR count). The van der Waals surface area contributed by atoms with Crippen LogP contribution in [0, 0.1) is 14.9 Å². The van der Waals surface area contributed by atoms with Gasteiger partial charge in [0.05, 0.1) is 24.4 Å². The molecule has 1 aromatic carbocycles. The molecule has 0 spiro atoms. The van der Waals surface area contributed by atoms with Gasteiger partial charge in [-0.1, -0.05) is 6.92 Å². The average Bonchev–Trinajstić information content (AvgIpc) is 2.95. The zero-order valence-corrected chi connectivity index (χ0v) is 15.7. The Bertz CT molecular complexity index is 859. The number of nitro benzene ring substituents is 1. The summed E-state index contributed by atoms with van der Waals surface area (Å²) >= 11 is 5.17. The first kappa shape index (κ1) is 19.6. The van der Waals surface area contributed by atoms with Gasteiger partial charge in [-0.05, 0) is 38.6 Å². The van der Waals surface area contributed by atoms with Crippen LogP contribution < -0.4 is 9.47 Å². The normalized spacial score (nSPS) is 11.0. The van der Waals surface area contributed by atoms with Crippen LogP contribution in [0.4, 0.5) is 5.69 Å². The number of aryl methyl sites for hydroxylation is 1. The number of aromatic nitrogens is 3. The van der Waals surface area contributed by atoms with Gasteiger partial charge in [-0.25, -0.2) is 0 Å². The van der Waals surface area contributed by atoms with Crippen molar-refractivity contribution in [1.82, 2.24) is 14.9 Å². The molecule has 2 aromatic rings. The Morgan fingerprint density at radius 3 is 2.69 bits per heavy atom. The van der Waals surface area contributed by atoms with Crippen molar-refractivity contribution in [3.8, 4) is 11.5 Å². The first-order valence-electron chi connectivity index (χ1n) is 8.30. The fourth-order valence-electron chi connectivity index (χ4n) is 2.32. The highest BCUT2D eigenvalue weighted by Crippen LogP contribution is 2.38. The Labute approximate surface area is 155 Å². The van der Waals surface area contributed by atoms with Crippen molar-refractivity contribution in [3.05, 3.63) is 38.4 Å². The standard InChI is InChI=1S/C16H21N5O4S/c1-4-7-14-18-19-16(26)20(14)17-10-11-8-12(21(22)23)15(25-6-3)13(9-11)24-5-2/h8-10H,4-7H2,1-3H3,(H,19,26)/b17-10-. The van der Waals surface area contributed by atoms with Gasteiger partial charge in [-0.3, -0.25) is 15.2 Å². The molecule has 0 aliphatic heterocycles. The Hall–Kier alpha value is -2.75. The van der Waals surface area contributed by atoms with E-state index < -0.39 is 4.92 Å². The molecule has 0 saturated carbocycles. The summed E-state index contributed by atoms with van der Waals surface area (Å²) in [6.45, 7) is 6.22. The number of ether oxygens (including phenoxy) is 2. The monoisotopic (exact) mass is 379 g/mol. The Kier molecular flexibility index (Phi) is 6.84. The summed E-state index contributed by atoms with van der Waals surface area (Å²) < 4.78 is 12.8. The molecular formula is C16H21N5O4S. The fraction of sp³-hybridized carbons (Fsp3) is 0.438. The van der Waals surface area contributed by atoms with Gasteiger partial charge < -0.3 is 9.47 Å². The van der Waals surface area contributed by atoms with Crippen molar-refractivity contribution in [3.63, 3.8) is 0 Å². The minimum absolute atomic E-state index is 0.114. The minimum atomic E-state index is -0.503. The number of nitro groups is 1. The van der Waals surface area contributed by atoms with E-state index in [0.717, 1.165) is 6.42 Å². The van der Waals surface area contributed by atoms with E-state index in [1.54, 1.807) is 19.9 Å². The van der Waals surface area contributed by atoms with Crippen LogP contribution >= 0.6 is 12.2 Å². The summed E-state index contributed by atoms with van der Waals surface area (Å²) in [5, 5.41) is 22.5. The lowest BCUT2D eigenvalue weighted by Crippen LogP contribution is -2.04. The lowest BCUT2D eigenvalue weighted by molar-refractivity contribution is -0.385. The summed E-state index contributed by atoms with van der Waals surface area (Å²) in [4.78, 5) is 10.9. The molecule has 1 aromatic heterocycles. The van der Waals surface area contributed by atoms with Crippen LogP contribution in [0.25, 0.3) is 0 Å². The third kappa shape index (κ3) is 4.45. The summed E-state index contributed by atoms with van der Waals surface area (Å²) in [5.41, 5.74) is 0.318. The van der Waals surface area contributed by atoms with E-state index in [1.807, 2.05) is 6.92 Å².